The van der Waals surface area contributed by atoms with E-state index in [1.807, 2.05) is 30.6 Å². The summed E-state index contributed by atoms with van der Waals surface area (Å²) in [6, 6.07) is 6.40. The van der Waals surface area contributed by atoms with Gasteiger partial charge in [-0.1, -0.05) is 26.0 Å². The second-order valence-corrected chi connectivity index (χ2v) is 10.2. The van der Waals surface area contributed by atoms with E-state index in [1.165, 1.54) is 28.8 Å². The predicted octanol–water partition coefficient (Wildman–Crippen LogP) is 4.10. The number of aromatic nitrogens is 4. The van der Waals surface area contributed by atoms with Crippen LogP contribution in [0.15, 0.2) is 54.0 Å². The number of hydrogen-bond donors (Lipinski definition) is 2. The number of aromatic hydroxyl groups is 1. The van der Waals surface area contributed by atoms with Crippen LogP contribution in [0.25, 0.3) is 28.0 Å². The molecule has 4 heterocycles. The number of phenolic OH excluding ortho intramolecular Hbond substituents is 1. The molecule has 2 N–H and O–H groups in total. The van der Waals surface area contributed by atoms with E-state index in [4.69, 9.17) is 0 Å². The van der Waals surface area contributed by atoms with Crippen molar-refractivity contribution in [1.82, 2.24) is 24.4 Å². The third kappa shape index (κ3) is 5.07. The Bertz CT molecular complexity index is 1670. The van der Waals surface area contributed by atoms with Crippen molar-refractivity contribution < 1.29 is 19.0 Å². The van der Waals surface area contributed by atoms with Gasteiger partial charge in [-0.25, -0.2) is 23.1 Å². The number of aliphatic hydroxyl groups is 1. The van der Waals surface area contributed by atoms with Crippen molar-refractivity contribution in [3.63, 3.8) is 0 Å². The number of hydrogen-bond acceptors (Lipinski definition) is 8. The third-order valence-corrected chi connectivity index (χ3v) is 7.46. The first-order valence-corrected chi connectivity index (χ1v) is 13.5. The van der Waals surface area contributed by atoms with Crippen molar-refractivity contribution in [2.45, 2.75) is 45.9 Å². The zero-order valence-electron chi connectivity index (χ0n) is 23.2. The molecule has 0 spiro atoms. The topological polar surface area (TPSA) is 108 Å². The fourth-order valence-electron chi connectivity index (χ4n) is 5.47. The predicted molar refractivity (Wildman–Crippen MR) is 153 cm³/mol. The van der Waals surface area contributed by atoms with Crippen molar-refractivity contribution >= 4 is 16.9 Å². The van der Waals surface area contributed by atoms with Crippen molar-refractivity contribution in [2.24, 2.45) is 0 Å². The van der Waals surface area contributed by atoms with E-state index in [1.54, 1.807) is 12.3 Å². The molecular formula is C30H32F2N6O3. The van der Waals surface area contributed by atoms with Crippen LogP contribution in [0.2, 0.25) is 0 Å². The van der Waals surface area contributed by atoms with Crippen LogP contribution in [0.4, 0.5) is 14.6 Å². The molecule has 9 nitrogen and oxygen atoms in total. The minimum Gasteiger partial charge on any atom is -0.507 e. The summed E-state index contributed by atoms with van der Waals surface area (Å²) in [5.74, 6) is -1.98. The molecule has 1 aromatic carbocycles. The fraction of sp³-hybridized carbons (Fsp3) is 0.333. The molecule has 2 atom stereocenters. The van der Waals surface area contributed by atoms with Gasteiger partial charge in [0.25, 0.3) is 0 Å². The molecule has 41 heavy (non-hydrogen) atoms. The molecule has 3 aromatic heterocycles. The number of benzene rings is 1. The lowest BCUT2D eigenvalue weighted by atomic mass is 10.1. The van der Waals surface area contributed by atoms with Gasteiger partial charge in [-0.3, -0.25) is 9.88 Å². The van der Waals surface area contributed by atoms with E-state index in [0.717, 1.165) is 18.1 Å². The molecule has 1 unspecified atom stereocenters. The Morgan fingerprint density at radius 2 is 1.98 bits per heavy atom. The van der Waals surface area contributed by atoms with Crippen LogP contribution in [0.5, 0.6) is 5.75 Å². The number of fused-ring (bicyclic) bond motifs is 1. The first kappa shape index (κ1) is 28.3. The summed E-state index contributed by atoms with van der Waals surface area (Å²) < 4.78 is 32.0. The smallest absolute Gasteiger partial charge is 0.355 e. The van der Waals surface area contributed by atoms with Gasteiger partial charge in [-0.15, -0.1) is 0 Å². The van der Waals surface area contributed by atoms with Crippen LogP contribution in [0.1, 0.15) is 31.5 Å². The zero-order chi connectivity index (χ0) is 29.4. The van der Waals surface area contributed by atoms with Crippen LogP contribution in [0, 0.1) is 18.6 Å². The zero-order valence-corrected chi connectivity index (χ0v) is 23.2. The number of halogens is 2. The van der Waals surface area contributed by atoms with Gasteiger partial charge in [0.15, 0.2) is 11.5 Å². The molecule has 214 valence electrons. The largest absolute Gasteiger partial charge is 0.507 e. The maximum absolute atomic E-state index is 15.8. The van der Waals surface area contributed by atoms with Crippen molar-refractivity contribution in [3.8, 4) is 22.7 Å². The number of rotatable bonds is 7. The number of piperazine rings is 1. The minimum absolute atomic E-state index is 0.0632. The number of aliphatic hydroxyl groups excluding tert-OH is 1. The molecule has 0 aliphatic carbocycles. The summed E-state index contributed by atoms with van der Waals surface area (Å²) in [4.78, 5) is 31.0. The Morgan fingerprint density at radius 3 is 2.66 bits per heavy atom. The highest BCUT2D eigenvalue weighted by atomic mass is 19.1. The van der Waals surface area contributed by atoms with Crippen LogP contribution < -0.4 is 10.6 Å². The first-order valence-electron chi connectivity index (χ1n) is 13.5. The van der Waals surface area contributed by atoms with E-state index in [0.29, 0.717) is 37.4 Å². The molecule has 1 fully saturated rings. The van der Waals surface area contributed by atoms with Crippen molar-refractivity contribution in [1.29, 1.82) is 0 Å². The number of nitrogens with zero attached hydrogens (tertiary/aromatic N) is 6. The summed E-state index contributed by atoms with van der Waals surface area (Å²) in [6.07, 6.45) is 3.61. The van der Waals surface area contributed by atoms with E-state index < -0.39 is 40.6 Å². The SMILES string of the molecule is C=CC(O)N1CCN(c2nc(=O)n(-c3c(C)ccnc3CCC)c3nc(-c4c(O)cccc4F)c(F)cc23)[C@@H](C)C1. The highest BCUT2D eigenvalue weighted by Crippen LogP contribution is 2.36. The van der Waals surface area contributed by atoms with Crippen LogP contribution in [-0.2, 0) is 6.42 Å². The second-order valence-electron chi connectivity index (χ2n) is 10.2. The van der Waals surface area contributed by atoms with Gasteiger partial charge in [0.05, 0.1) is 22.3 Å². The standard InChI is InChI=1S/C30H32F2N6O3/c1-5-8-22-27(17(3)11-12-33-22)38-29-19(15-21(32)26(34-29)25-20(31)9-7-10-23(25)39)28(35-30(38)41)37-14-13-36(16-18(37)4)24(40)6-2/h6-7,9-12,15,18,24,39-40H,2,5,8,13-14,16H2,1,3-4H3/t18-,24?/m0/s1. The average molecular weight is 563 g/mol. The molecule has 0 radical (unpaired) electrons. The highest BCUT2D eigenvalue weighted by Gasteiger charge is 2.31. The minimum atomic E-state index is -0.879. The molecule has 5 rings (SSSR count). The summed E-state index contributed by atoms with van der Waals surface area (Å²) in [5, 5.41) is 20.9. The lowest BCUT2D eigenvalue weighted by Crippen LogP contribution is -2.55. The molecule has 11 heteroatoms. The van der Waals surface area contributed by atoms with E-state index >= 15 is 4.39 Å². The maximum Gasteiger partial charge on any atom is 0.355 e. The van der Waals surface area contributed by atoms with Gasteiger partial charge in [-0.2, -0.15) is 4.98 Å². The normalized spacial score (nSPS) is 16.7. The summed E-state index contributed by atoms with van der Waals surface area (Å²) in [6.45, 7) is 10.7. The molecular weight excluding hydrogens is 530 g/mol. The van der Waals surface area contributed by atoms with Crippen LogP contribution in [0.3, 0.4) is 0 Å². The van der Waals surface area contributed by atoms with E-state index in [2.05, 4.69) is 21.5 Å². The number of phenols is 1. The Hall–Kier alpha value is -4.22. The van der Waals surface area contributed by atoms with E-state index in [-0.39, 0.29) is 22.9 Å². The van der Waals surface area contributed by atoms with Crippen molar-refractivity contribution in [2.75, 3.05) is 24.5 Å². The van der Waals surface area contributed by atoms with Gasteiger partial charge < -0.3 is 15.1 Å². The summed E-state index contributed by atoms with van der Waals surface area (Å²) in [7, 11) is 0. The molecule has 0 amide bonds. The van der Waals surface area contributed by atoms with E-state index in [9.17, 15) is 19.4 Å². The Kier molecular flexibility index (Phi) is 7.83. The lowest BCUT2D eigenvalue weighted by Gasteiger charge is -2.42. The number of pyridine rings is 2. The second kappa shape index (κ2) is 11.3. The Balaban J connectivity index is 1.81. The van der Waals surface area contributed by atoms with Gasteiger partial charge >= 0.3 is 5.69 Å². The molecule has 1 aliphatic rings. The summed E-state index contributed by atoms with van der Waals surface area (Å²) in [5.41, 5.74) is 0.455. The Morgan fingerprint density at radius 1 is 1.20 bits per heavy atom. The van der Waals surface area contributed by atoms with Crippen LogP contribution >= 0.6 is 0 Å². The number of anilines is 1. The monoisotopic (exact) mass is 562 g/mol. The molecule has 0 saturated carbocycles. The maximum atomic E-state index is 15.8. The van der Waals surface area contributed by atoms with Crippen LogP contribution in [-0.4, -0.2) is 66.5 Å². The molecule has 0 bridgehead atoms. The first-order chi connectivity index (χ1) is 19.7. The quantitative estimate of drug-likeness (QED) is 0.324. The molecule has 1 saturated heterocycles. The summed E-state index contributed by atoms with van der Waals surface area (Å²) >= 11 is 0. The number of aryl methyl sites for hydroxylation is 2. The van der Waals surface area contributed by atoms with Gasteiger partial charge in [0, 0.05) is 31.9 Å². The fourth-order valence-corrected chi connectivity index (χ4v) is 5.47. The van der Waals surface area contributed by atoms with Gasteiger partial charge in [-0.05, 0) is 56.2 Å². The van der Waals surface area contributed by atoms with Gasteiger partial charge in [0.1, 0.15) is 29.3 Å². The molecule has 4 aromatic rings. The lowest BCUT2D eigenvalue weighted by molar-refractivity contribution is 0.0296. The van der Waals surface area contributed by atoms with Crippen molar-refractivity contribution in [3.05, 3.63) is 82.6 Å². The highest BCUT2D eigenvalue weighted by molar-refractivity contribution is 5.91. The Labute approximate surface area is 236 Å². The third-order valence-electron chi connectivity index (χ3n) is 7.46. The van der Waals surface area contributed by atoms with Gasteiger partial charge in [0.2, 0.25) is 0 Å². The molecule has 1 aliphatic heterocycles. The average Bonchev–Trinajstić information content (AvgIpc) is 2.94.